The lowest BCUT2D eigenvalue weighted by atomic mass is 9.96. The van der Waals surface area contributed by atoms with Crippen LogP contribution < -0.4 is 21.3 Å². The number of halogens is 4. The molecule has 10 nitrogen and oxygen atoms in total. The normalized spacial score (nSPS) is 17.4. The van der Waals surface area contributed by atoms with Crippen molar-refractivity contribution >= 4 is 69.5 Å². The molecule has 14 heteroatoms. The fourth-order valence-corrected chi connectivity index (χ4v) is 8.18. The number of hydrogen-bond acceptors (Lipinski definition) is 6. The van der Waals surface area contributed by atoms with Gasteiger partial charge < -0.3 is 21.3 Å². The first-order valence-electron chi connectivity index (χ1n) is 17.1. The molecule has 4 N–H and O–H groups in total. The number of benzene rings is 2. The Balaban J connectivity index is 1.03. The second-order valence-electron chi connectivity index (χ2n) is 13.2. The van der Waals surface area contributed by atoms with Crippen LogP contribution >= 0.6 is 46.4 Å². The van der Waals surface area contributed by atoms with Crippen molar-refractivity contribution in [2.45, 2.75) is 50.9 Å². The van der Waals surface area contributed by atoms with Crippen molar-refractivity contribution in [1.29, 1.82) is 0 Å². The fraction of sp³-hybridized carbons (Fsp3) is 0.263. The molecule has 6 aromatic rings. The molecule has 2 atom stereocenters. The third kappa shape index (κ3) is 6.87. The minimum Gasteiger partial charge on any atom is -0.352 e. The van der Waals surface area contributed by atoms with Crippen molar-refractivity contribution in [1.82, 2.24) is 40.0 Å². The zero-order valence-corrected chi connectivity index (χ0v) is 30.9. The Hall–Kier alpha value is -4.16. The van der Waals surface area contributed by atoms with E-state index >= 15 is 0 Å². The third-order valence-electron chi connectivity index (χ3n) is 9.71. The first-order chi connectivity index (χ1) is 25.2. The van der Waals surface area contributed by atoms with Gasteiger partial charge >= 0.3 is 0 Å². The lowest BCUT2D eigenvalue weighted by Gasteiger charge is -2.14. The number of carbonyl (C=O) groups is 2. The number of aromatic nitrogens is 4. The molecule has 266 valence electrons. The molecule has 4 aromatic heterocycles. The summed E-state index contributed by atoms with van der Waals surface area (Å²) in [4.78, 5) is 32.6. The Labute approximate surface area is 319 Å². The molecule has 6 heterocycles. The molecule has 0 spiro atoms. The molecule has 0 unspecified atom stereocenters. The molecule has 0 bridgehead atoms. The van der Waals surface area contributed by atoms with Crippen molar-refractivity contribution in [3.05, 3.63) is 105 Å². The van der Waals surface area contributed by atoms with Gasteiger partial charge in [-0.1, -0.05) is 82.8 Å². The maximum Gasteiger partial charge on any atom is 0.220 e. The Morgan fingerprint density at radius 3 is 1.46 bits per heavy atom. The molecule has 2 aliphatic heterocycles. The number of carbonyl (C=O) groups excluding carboxylic acids is 2. The lowest BCUT2D eigenvalue weighted by molar-refractivity contribution is -0.120. The number of hydrogen-bond donors (Lipinski definition) is 4. The highest BCUT2D eigenvalue weighted by Crippen LogP contribution is 2.43. The highest BCUT2D eigenvalue weighted by Gasteiger charge is 2.22. The Kier molecular flexibility index (Phi) is 9.86. The van der Waals surface area contributed by atoms with E-state index in [1.54, 1.807) is 0 Å². The predicted molar refractivity (Wildman–Crippen MR) is 206 cm³/mol. The van der Waals surface area contributed by atoms with Crippen LogP contribution in [0, 0.1) is 0 Å². The summed E-state index contributed by atoms with van der Waals surface area (Å²) in [6.07, 6.45) is 6.56. The minimum atomic E-state index is 0.0913. The average molecular weight is 777 g/mol. The summed E-state index contributed by atoms with van der Waals surface area (Å²) in [6, 6.07) is 19.9. The van der Waals surface area contributed by atoms with Gasteiger partial charge in [0.15, 0.2) is 0 Å². The van der Waals surface area contributed by atoms with Gasteiger partial charge in [0.05, 0.1) is 21.4 Å². The molecule has 2 saturated heterocycles. The maximum absolute atomic E-state index is 11.5. The van der Waals surface area contributed by atoms with Crippen LogP contribution in [0.25, 0.3) is 44.7 Å². The van der Waals surface area contributed by atoms with Gasteiger partial charge in [-0.15, -0.1) is 0 Å². The van der Waals surface area contributed by atoms with Crippen LogP contribution in [0.2, 0.25) is 20.4 Å². The first kappa shape index (κ1) is 34.9. The summed E-state index contributed by atoms with van der Waals surface area (Å²) in [5.41, 5.74) is 7.91. The summed E-state index contributed by atoms with van der Waals surface area (Å²) in [5.74, 6) is 0.183. The van der Waals surface area contributed by atoms with Crippen LogP contribution in [-0.2, 0) is 22.7 Å². The molecule has 0 radical (unpaired) electrons. The topological polar surface area (TPSA) is 117 Å². The van der Waals surface area contributed by atoms with Gasteiger partial charge in [0.25, 0.3) is 0 Å². The van der Waals surface area contributed by atoms with E-state index in [1.807, 2.05) is 81.9 Å². The molecule has 8 rings (SSSR count). The average Bonchev–Trinajstić information content (AvgIpc) is 3.91. The van der Waals surface area contributed by atoms with Crippen LogP contribution in [-0.4, -0.2) is 55.8 Å². The molecule has 0 saturated carbocycles. The number of nitrogens with one attached hydrogen (secondary N) is 4. The van der Waals surface area contributed by atoms with Gasteiger partial charge in [-0.05, 0) is 48.2 Å². The Morgan fingerprint density at radius 2 is 1.06 bits per heavy atom. The third-order valence-corrected chi connectivity index (χ3v) is 11.3. The monoisotopic (exact) mass is 774 g/mol. The number of fused-ring (bicyclic) bond motifs is 2. The summed E-state index contributed by atoms with van der Waals surface area (Å²) < 4.78 is 3.69. The van der Waals surface area contributed by atoms with Gasteiger partial charge in [0.1, 0.15) is 21.6 Å². The molecule has 2 aliphatic rings. The number of rotatable bonds is 11. The minimum absolute atomic E-state index is 0.0913. The summed E-state index contributed by atoms with van der Waals surface area (Å²) >= 11 is 27.7. The molecule has 2 aromatic carbocycles. The van der Waals surface area contributed by atoms with Gasteiger partial charge in [-0.2, -0.15) is 0 Å². The van der Waals surface area contributed by atoms with E-state index in [2.05, 4.69) is 21.3 Å². The summed E-state index contributed by atoms with van der Waals surface area (Å²) in [5, 5.41) is 14.9. The smallest absolute Gasteiger partial charge is 0.220 e. The van der Waals surface area contributed by atoms with Crippen LogP contribution in [0.15, 0.2) is 73.1 Å². The SMILES string of the molecule is O=C1CC[C@H](CNCc2nc3cc(-c4cccc(-c5cccc(-c6ccn7c(Cl)c(CNC[C@H]8CCC(=O)N8)nc7c6)c5Cl)c4Cl)ccn3c2Cl)N1. The van der Waals surface area contributed by atoms with Crippen molar-refractivity contribution in [2.24, 2.45) is 0 Å². The van der Waals surface area contributed by atoms with Crippen LogP contribution in [0.5, 0.6) is 0 Å². The highest BCUT2D eigenvalue weighted by atomic mass is 35.5. The van der Waals surface area contributed by atoms with Gasteiger partial charge in [-0.25, -0.2) is 9.97 Å². The fourth-order valence-electron chi connectivity index (χ4n) is 7.00. The molecule has 52 heavy (non-hydrogen) atoms. The van der Waals surface area contributed by atoms with Crippen molar-refractivity contribution in [3.8, 4) is 33.4 Å². The second-order valence-corrected chi connectivity index (χ2v) is 14.7. The van der Waals surface area contributed by atoms with Crippen LogP contribution in [0.3, 0.4) is 0 Å². The Morgan fingerprint density at radius 1 is 0.635 bits per heavy atom. The molecular weight excluding hydrogens is 742 g/mol. The number of pyridine rings is 2. The zero-order valence-electron chi connectivity index (χ0n) is 27.9. The predicted octanol–water partition coefficient (Wildman–Crippen LogP) is 7.33. The standard InChI is InChI=1S/C38H34Cl4N8O2/c39-35-25(21-11-13-49-31(15-21)47-29(37(49)41)19-43-17-23-7-9-33(51)45-23)3-1-5-27(35)28-6-2-4-26(36(28)40)22-12-14-50-32(16-22)48-30(38(50)42)20-44-18-24-8-10-34(52)46-24/h1-6,11-16,23-24,43-44H,7-10,17-20H2,(H,45,51)(H,46,52)/t23-,24-/m1/s1. The van der Waals surface area contributed by atoms with E-state index in [0.29, 0.717) is 70.7 Å². The quantitative estimate of drug-likeness (QED) is 0.110. The summed E-state index contributed by atoms with van der Waals surface area (Å²) in [6.45, 7) is 2.27. The van der Waals surface area contributed by atoms with Crippen molar-refractivity contribution in [3.63, 3.8) is 0 Å². The van der Waals surface area contributed by atoms with E-state index in [1.165, 1.54) is 0 Å². The molecule has 0 aliphatic carbocycles. The van der Waals surface area contributed by atoms with E-state index in [0.717, 1.165) is 57.6 Å². The van der Waals surface area contributed by atoms with E-state index in [-0.39, 0.29) is 23.9 Å². The zero-order chi connectivity index (χ0) is 35.9. The summed E-state index contributed by atoms with van der Waals surface area (Å²) in [7, 11) is 0. The molecule has 2 fully saturated rings. The van der Waals surface area contributed by atoms with Crippen LogP contribution in [0.4, 0.5) is 0 Å². The molecular formula is C38H34Cl4N8O2. The lowest BCUT2D eigenvalue weighted by Crippen LogP contribution is -2.35. The van der Waals surface area contributed by atoms with E-state index in [4.69, 9.17) is 56.4 Å². The number of imidazole rings is 2. The largest absolute Gasteiger partial charge is 0.352 e. The van der Waals surface area contributed by atoms with E-state index < -0.39 is 0 Å². The van der Waals surface area contributed by atoms with Crippen LogP contribution in [0.1, 0.15) is 37.1 Å². The molecule has 2 amide bonds. The van der Waals surface area contributed by atoms with Crippen molar-refractivity contribution < 1.29 is 9.59 Å². The van der Waals surface area contributed by atoms with E-state index in [9.17, 15) is 9.59 Å². The Bertz CT molecular complexity index is 2190. The maximum atomic E-state index is 11.5. The second kappa shape index (κ2) is 14.7. The number of amides is 2. The van der Waals surface area contributed by atoms with Gasteiger partial charge in [0, 0.05) is 85.8 Å². The van der Waals surface area contributed by atoms with Gasteiger partial charge in [0.2, 0.25) is 11.8 Å². The van der Waals surface area contributed by atoms with Crippen molar-refractivity contribution in [2.75, 3.05) is 13.1 Å². The highest BCUT2D eigenvalue weighted by molar-refractivity contribution is 6.39. The van der Waals surface area contributed by atoms with Gasteiger partial charge in [-0.3, -0.25) is 18.4 Å². The number of nitrogens with zero attached hydrogens (tertiary/aromatic N) is 4. The first-order valence-corrected chi connectivity index (χ1v) is 18.7.